The molecule has 0 aliphatic heterocycles. The molecule has 0 aromatic heterocycles. The first-order valence-corrected chi connectivity index (χ1v) is 7.39. The molecule has 2 amide bonds. The molecule has 0 saturated heterocycles. The topological polar surface area (TPSA) is 78.4 Å². The maximum Gasteiger partial charge on any atom is 0.315 e. The first kappa shape index (κ1) is 15.6. The number of hydrogen-bond acceptors (Lipinski definition) is 2. The molecule has 1 aliphatic rings. The number of aliphatic carboxylic acids is 1. The maximum absolute atomic E-state index is 12.0. The van der Waals surface area contributed by atoms with Gasteiger partial charge in [-0.2, -0.15) is 0 Å². The predicted octanol–water partition coefficient (Wildman–Crippen LogP) is 2.95. The van der Waals surface area contributed by atoms with Crippen LogP contribution in [0.25, 0.3) is 0 Å². The molecule has 0 bridgehead atoms. The van der Waals surface area contributed by atoms with E-state index in [0.717, 1.165) is 5.56 Å². The molecule has 6 heteroatoms. The van der Waals surface area contributed by atoms with Crippen molar-refractivity contribution in [2.24, 2.45) is 5.92 Å². The number of rotatable bonds is 4. The van der Waals surface area contributed by atoms with E-state index in [1.165, 1.54) is 0 Å². The minimum absolute atomic E-state index is 0.0791. The van der Waals surface area contributed by atoms with Crippen LogP contribution in [0.1, 0.15) is 37.8 Å². The number of benzene rings is 1. The maximum atomic E-state index is 12.0. The highest BCUT2D eigenvalue weighted by Crippen LogP contribution is 2.26. The van der Waals surface area contributed by atoms with E-state index >= 15 is 0 Å². The molecule has 1 aromatic carbocycles. The Labute approximate surface area is 128 Å². The molecule has 1 aliphatic carbocycles. The van der Waals surface area contributed by atoms with Gasteiger partial charge in [-0.05, 0) is 37.8 Å². The lowest BCUT2D eigenvalue weighted by molar-refractivity contribution is -0.141. The predicted molar refractivity (Wildman–Crippen MR) is 80.3 cm³/mol. The van der Waals surface area contributed by atoms with Crippen LogP contribution in [-0.4, -0.2) is 23.1 Å². The van der Waals surface area contributed by atoms with Crippen molar-refractivity contribution in [3.63, 3.8) is 0 Å². The molecular formula is C15H19ClN2O3. The normalized spacial score (nSPS) is 22.6. The number of nitrogens with one attached hydrogen (secondary N) is 2. The van der Waals surface area contributed by atoms with E-state index in [-0.39, 0.29) is 24.0 Å². The number of halogens is 1. The Morgan fingerprint density at radius 1 is 1.33 bits per heavy atom. The third kappa shape index (κ3) is 4.11. The van der Waals surface area contributed by atoms with Gasteiger partial charge in [-0.3, -0.25) is 4.79 Å². The summed E-state index contributed by atoms with van der Waals surface area (Å²) in [6.45, 7) is 1.86. The summed E-state index contributed by atoms with van der Waals surface area (Å²) in [6.07, 6.45) is 1.80. The summed E-state index contributed by atoms with van der Waals surface area (Å²) in [5.41, 5.74) is 0.851. The van der Waals surface area contributed by atoms with E-state index in [1.54, 1.807) is 6.07 Å². The summed E-state index contributed by atoms with van der Waals surface area (Å²) in [4.78, 5) is 22.8. The van der Waals surface area contributed by atoms with E-state index < -0.39 is 5.97 Å². The Kier molecular flexibility index (Phi) is 5.07. The highest BCUT2D eigenvalue weighted by Gasteiger charge is 2.30. The number of carbonyl (C=O) groups excluding carboxylic acids is 1. The van der Waals surface area contributed by atoms with Crippen LogP contribution in [-0.2, 0) is 4.79 Å². The van der Waals surface area contributed by atoms with Crippen molar-refractivity contribution in [3.05, 3.63) is 34.9 Å². The summed E-state index contributed by atoms with van der Waals surface area (Å²) in [5.74, 6) is -1.14. The minimum Gasteiger partial charge on any atom is -0.481 e. The van der Waals surface area contributed by atoms with Crippen molar-refractivity contribution >= 4 is 23.6 Å². The van der Waals surface area contributed by atoms with Gasteiger partial charge >= 0.3 is 12.0 Å². The number of carboxylic acids is 1. The minimum atomic E-state index is -0.788. The third-order valence-corrected chi connectivity index (χ3v) is 4.18. The van der Waals surface area contributed by atoms with Gasteiger partial charge in [-0.1, -0.05) is 29.8 Å². The Hall–Kier alpha value is -1.75. The molecule has 3 atom stereocenters. The van der Waals surface area contributed by atoms with Gasteiger partial charge in [0.15, 0.2) is 0 Å². The van der Waals surface area contributed by atoms with Crippen molar-refractivity contribution in [2.75, 3.05) is 0 Å². The van der Waals surface area contributed by atoms with Crippen LogP contribution in [0.4, 0.5) is 4.79 Å². The van der Waals surface area contributed by atoms with E-state index in [9.17, 15) is 9.59 Å². The summed E-state index contributed by atoms with van der Waals surface area (Å²) in [7, 11) is 0. The largest absolute Gasteiger partial charge is 0.481 e. The molecule has 2 rings (SSSR count). The SMILES string of the molecule is CC(NC(=O)N[C@H]1CC[C@@H](C(=O)O)C1)c1ccccc1Cl. The summed E-state index contributed by atoms with van der Waals surface area (Å²) < 4.78 is 0. The van der Waals surface area contributed by atoms with E-state index in [1.807, 2.05) is 25.1 Å². The average Bonchev–Trinajstić information content (AvgIpc) is 2.87. The fourth-order valence-electron chi connectivity index (χ4n) is 2.66. The molecule has 0 heterocycles. The van der Waals surface area contributed by atoms with Gasteiger partial charge in [0, 0.05) is 11.1 Å². The first-order valence-electron chi connectivity index (χ1n) is 7.01. The number of amides is 2. The van der Waals surface area contributed by atoms with Gasteiger partial charge in [0.2, 0.25) is 0 Å². The second-order valence-corrected chi connectivity index (χ2v) is 5.81. The molecular weight excluding hydrogens is 292 g/mol. The van der Waals surface area contributed by atoms with Gasteiger partial charge in [0.1, 0.15) is 0 Å². The van der Waals surface area contributed by atoms with Crippen molar-refractivity contribution in [1.82, 2.24) is 10.6 Å². The second-order valence-electron chi connectivity index (χ2n) is 5.41. The fraction of sp³-hybridized carbons (Fsp3) is 0.467. The number of hydrogen-bond donors (Lipinski definition) is 3. The van der Waals surface area contributed by atoms with Gasteiger partial charge in [-0.25, -0.2) is 4.79 Å². The van der Waals surface area contributed by atoms with Crippen LogP contribution in [0, 0.1) is 5.92 Å². The molecule has 1 unspecified atom stereocenters. The van der Waals surface area contributed by atoms with Crippen LogP contribution < -0.4 is 10.6 Å². The van der Waals surface area contributed by atoms with Crippen LogP contribution in [0.3, 0.4) is 0 Å². The highest BCUT2D eigenvalue weighted by atomic mass is 35.5. The molecule has 5 nitrogen and oxygen atoms in total. The zero-order valence-corrected chi connectivity index (χ0v) is 12.6. The van der Waals surface area contributed by atoms with Crippen molar-refractivity contribution in [2.45, 2.75) is 38.3 Å². The van der Waals surface area contributed by atoms with Crippen molar-refractivity contribution in [3.8, 4) is 0 Å². The molecule has 21 heavy (non-hydrogen) atoms. The Balaban J connectivity index is 1.85. The van der Waals surface area contributed by atoms with Crippen LogP contribution in [0.15, 0.2) is 24.3 Å². The molecule has 0 spiro atoms. The lowest BCUT2D eigenvalue weighted by Gasteiger charge is -2.18. The smallest absolute Gasteiger partial charge is 0.315 e. The van der Waals surface area contributed by atoms with Gasteiger partial charge < -0.3 is 15.7 Å². The Morgan fingerprint density at radius 2 is 2.05 bits per heavy atom. The molecule has 1 saturated carbocycles. The second kappa shape index (κ2) is 6.80. The quantitative estimate of drug-likeness (QED) is 0.800. The zero-order chi connectivity index (χ0) is 15.4. The van der Waals surface area contributed by atoms with Crippen LogP contribution in [0.5, 0.6) is 0 Å². The lowest BCUT2D eigenvalue weighted by atomic mass is 10.1. The molecule has 3 N–H and O–H groups in total. The van der Waals surface area contributed by atoms with Crippen molar-refractivity contribution < 1.29 is 14.7 Å². The third-order valence-electron chi connectivity index (χ3n) is 3.84. The van der Waals surface area contributed by atoms with E-state index in [2.05, 4.69) is 10.6 Å². The molecule has 1 fully saturated rings. The highest BCUT2D eigenvalue weighted by molar-refractivity contribution is 6.31. The zero-order valence-electron chi connectivity index (χ0n) is 11.8. The van der Waals surface area contributed by atoms with Crippen LogP contribution in [0.2, 0.25) is 5.02 Å². The monoisotopic (exact) mass is 310 g/mol. The van der Waals surface area contributed by atoms with Gasteiger partial charge in [-0.15, -0.1) is 0 Å². The molecule has 1 aromatic rings. The Morgan fingerprint density at radius 3 is 2.67 bits per heavy atom. The first-order chi connectivity index (χ1) is 9.97. The number of urea groups is 1. The molecule has 0 radical (unpaired) electrons. The van der Waals surface area contributed by atoms with Gasteiger partial charge in [0.05, 0.1) is 12.0 Å². The number of carboxylic acid groups (broad SMARTS) is 1. The van der Waals surface area contributed by atoms with Crippen LogP contribution >= 0.6 is 11.6 Å². The lowest BCUT2D eigenvalue weighted by Crippen LogP contribution is -2.42. The summed E-state index contributed by atoms with van der Waals surface area (Å²) >= 11 is 6.09. The van der Waals surface area contributed by atoms with E-state index in [0.29, 0.717) is 24.3 Å². The number of carbonyl (C=O) groups is 2. The average molecular weight is 311 g/mol. The fourth-order valence-corrected chi connectivity index (χ4v) is 2.96. The van der Waals surface area contributed by atoms with E-state index in [4.69, 9.17) is 16.7 Å². The standard InChI is InChI=1S/C15H19ClN2O3/c1-9(12-4-2-3-5-13(12)16)17-15(21)18-11-7-6-10(8-11)14(19)20/h2-5,9-11H,6-8H2,1H3,(H,19,20)(H2,17,18,21)/t9?,10-,11+/m1/s1. The van der Waals surface area contributed by atoms with Gasteiger partial charge in [0.25, 0.3) is 0 Å². The summed E-state index contributed by atoms with van der Waals surface area (Å²) in [6, 6.07) is 6.76. The Bertz CT molecular complexity index is 535. The van der Waals surface area contributed by atoms with Crippen molar-refractivity contribution in [1.29, 1.82) is 0 Å². The molecule has 114 valence electrons. The summed E-state index contributed by atoms with van der Waals surface area (Å²) in [5, 5.41) is 15.2.